The van der Waals surface area contributed by atoms with Crippen LogP contribution in [-0.4, -0.2) is 23.7 Å². The molecular formula is C23H29NO6. The first-order valence-corrected chi connectivity index (χ1v) is 10.4. The van der Waals surface area contributed by atoms with Crippen molar-refractivity contribution in [1.82, 2.24) is 5.32 Å². The number of carbonyl (C=O) groups excluding carboxylic acids is 2. The van der Waals surface area contributed by atoms with Crippen LogP contribution < -0.4 is 15.7 Å². The number of carbonyl (C=O) groups is 2. The third-order valence-corrected chi connectivity index (χ3v) is 5.02. The van der Waals surface area contributed by atoms with Crippen molar-refractivity contribution >= 4 is 23.0 Å². The van der Waals surface area contributed by atoms with E-state index < -0.39 is 23.7 Å². The van der Waals surface area contributed by atoms with Gasteiger partial charge in [-0.25, -0.2) is 14.4 Å². The minimum Gasteiger partial charge on any atom is -0.444 e. The second kappa shape index (κ2) is 8.50. The standard InChI is InChI=1S/C23H29NO6/c1-6-16(24-22(27)30-23(3,4)5)21(26)29-18-12-13(2)11-17-19(18)14-9-7-8-10-15(14)20(25)28-17/h11-12,16H,6-10H2,1-5H3,(H,24,27). The minimum atomic E-state index is -0.859. The van der Waals surface area contributed by atoms with E-state index in [0.717, 1.165) is 30.4 Å². The van der Waals surface area contributed by atoms with Gasteiger partial charge in [0.1, 0.15) is 23.0 Å². The summed E-state index contributed by atoms with van der Waals surface area (Å²) in [7, 11) is 0. The quantitative estimate of drug-likeness (QED) is 0.457. The van der Waals surface area contributed by atoms with Gasteiger partial charge in [-0.15, -0.1) is 0 Å². The third-order valence-electron chi connectivity index (χ3n) is 5.02. The van der Waals surface area contributed by atoms with Gasteiger partial charge in [0.05, 0.1) is 5.39 Å². The first-order chi connectivity index (χ1) is 14.1. The predicted molar refractivity (Wildman–Crippen MR) is 113 cm³/mol. The Kier molecular flexibility index (Phi) is 6.19. The van der Waals surface area contributed by atoms with Gasteiger partial charge in [-0.3, -0.25) is 0 Å². The number of esters is 1. The summed E-state index contributed by atoms with van der Waals surface area (Å²) in [4.78, 5) is 37.3. The lowest BCUT2D eigenvalue weighted by molar-refractivity contribution is -0.136. The molecule has 3 rings (SSSR count). The average Bonchev–Trinajstić information content (AvgIpc) is 2.64. The van der Waals surface area contributed by atoms with Crippen LogP contribution in [0.1, 0.15) is 63.6 Å². The van der Waals surface area contributed by atoms with Gasteiger partial charge in [0.2, 0.25) is 0 Å². The van der Waals surface area contributed by atoms with Gasteiger partial charge in [0, 0.05) is 5.56 Å². The average molecular weight is 415 g/mol. The number of aryl methyl sites for hydroxylation is 2. The summed E-state index contributed by atoms with van der Waals surface area (Å²) < 4.78 is 16.5. The van der Waals surface area contributed by atoms with Gasteiger partial charge in [0.15, 0.2) is 0 Å². The molecule has 1 atom stereocenters. The van der Waals surface area contributed by atoms with Crippen LogP contribution >= 0.6 is 0 Å². The highest BCUT2D eigenvalue weighted by molar-refractivity contribution is 5.92. The van der Waals surface area contributed by atoms with Crippen LogP contribution in [0.25, 0.3) is 11.0 Å². The number of hydrogen-bond acceptors (Lipinski definition) is 6. The van der Waals surface area contributed by atoms with Crippen molar-refractivity contribution in [2.45, 2.75) is 78.4 Å². The van der Waals surface area contributed by atoms with Gasteiger partial charge < -0.3 is 19.2 Å². The number of alkyl carbamates (subject to hydrolysis) is 1. The molecule has 1 unspecified atom stereocenters. The first kappa shape index (κ1) is 21.9. The Balaban J connectivity index is 1.93. The molecule has 1 aromatic carbocycles. The zero-order valence-electron chi connectivity index (χ0n) is 18.2. The Hall–Kier alpha value is -2.83. The van der Waals surface area contributed by atoms with E-state index in [1.54, 1.807) is 39.8 Å². The first-order valence-electron chi connectivity index (χ1n) is 10.4. The van der Waals surface area contributed by atoms with Crippen LogP contribution in [0.15, 0.2) is 21.3 Å². The summed E-state index contributed by atoms with van der Waals surface area (Å²) >= 11 is 0. The number of nitrogens with one attached hydrogen (secondary N) is 1. The molecule has 0 radical (unpaired) electrons. The molecule has 1 aliphatic carbocycles. The zero-order chi connectivity index (χ0) is 22.1. The van der Waals surface area contributed by atoms with Gasteiger partial charge >= 0.3 is 17.7 Å². The molecule has 1 N–H and O–H groups in total. The molecule has 0 bridgehead atoms. The summed E-state index contributed by atoms with van der Waals surface area (Å²) in [6, 6.07) is 2.68. The van der Waals surface area contributed by atoms with Crippen molar-refractivity contribution < 1.29 is 23.5 Å². The SMILES string of the molecule is CCC(NC(=O)OC(C)(C)C)C(=O)Oc1cc(C)cc2oc(=O)c3c(c12)CCCC3. The van der Waals surface area contributed by atoms with Crippen molar-refractivity contribution in [3.05, 3.63) is 39.2 Å². The lowest BCUT2D eigenvalue weighted by atomic mass is 9.90. The smallest absolute Gasteiger partial charge is 0.408 e. The molecule has 0 aliphatic heterocycles. The van der Waals surface area contributed by atoms with E-state index in [4.69, 9.17) is 13.9 Å². The largest absolute Gasteiger partial charge is 0.444 e. The molecule has 0 fully saturated rings. The highest BCUT2D eigenvalue weighted by Gasteiger charge is 2.27. The van der Waals surface area contributed by atoms with Crippen LogP contribution in [-0.2, 0) is 22.4 Å². The van der Waals surface area contributed by atoms with E-state index in [-0.39, 0.29) is 5.63 Å². The van der Waals surface area contributed by atoms with Crippen molar-refractivity contribution in [1.29, 1.82) is 0 Å². The number of amides is 1. The van der Waals surface area contributed by atoms with E-state index in [1.807, 2.05) is 6.92 Å². The lowest BCUT2D eigenvalue weighted by Crippen LogP contribution is -2.44. The van der Waals surface area contributed by atoms with Crippen LogP contribution in [0.4, 0.5) is 4.79 Å². The van der Waals surface area contributed by atoms with Gasteiger partial charge in [0.25, 0.3) is 0 Å². The minimum absolute atomic E-state index is 0.321. The molecule has 1 amide bonds. The van der Waals surface area contributed by atoms with Gasteiger partial charge in [-0.2, -0.15) is 0 Å². The van der Waals surface area contributed by atoms with Gasteiger partial charge in [-0.1, -0.05) is 6.92 Å². The maximum absolute atomic E-state index is 12.8. The van der Waals surface area contributed by atoms with Gasteiger partial charge in [-0.05, 0) is 83.1 Å². The second-order valence-electron chi connectivity index (χ2n) is 8.72. The Morgan fingerprint density at radius 2 is 1.83 bits per heavy atom. The number of rotatable bonds is 4. The molecule has 162 valence electrons. The number of benzene rings is 1. The molecule has 1 heterocycles. The highest BCUT2D eigenvalue weighted by atomic mass is 16.6. The molecule has 7 heteroatoms. The second-order valence-corrected chi connectivity index (χ2v) is 8.72. The highest BCUT2D eigenvalue weighted by Crippen LogP contribution is 2.34. The van der Waals surface area contributed by atoms with E-state index in [0.29, 0.717) is 35.1 Å². The summed E-state index contributed by atoms with van der Waals surface area (Å²) in [5.41, 5.74) is 1.78. The summed E-state index contributed by atoms with van der Waals surface area (Å²) in [6.07, 6.45) is 2.95. The molecule has 0 spiro atoms. The van der Waals surface area contributed by atoms with E-state index >= 15 is 0 Å². The Morgan fingerprint density at radius 1 is 1.17 bits per heavy atom. The monoisotopic (exact) mass is 415 g/mol. The number of fused-ring (bicyclic) bond motifs is 3. The molecule has 30 heavy (non-hydrogen) atoms. The fraction of sp³-hybridized carbons (Fsp3) is 0.522. The maximum atomic E-state index is 12.8. The summed E-state index contributed by atoms with van der Waals surface area (Å²) in [5, 5.41) is 3.23. The van der Waals surface area contributed by atoms with E-state index in [2.05, 4.69) is 5.32 Å². The Labute approximate surface area is 175 Å². The van der Waals surface area contributed by atoms with Crippen LogP contribution in [0, 0.1) is 6.92 Å². The molecule has 0 saturated carbocycles. The Morgan fingerprint density at radius 3 is 2.47 bits per heavy atom. The van der Waals surface area contributed by atoms with Crippen molar-refractivity contribution in [3.8, 4) is 5.75 Å². The number of ether oxygens (including phenoxy) is 2. The lowest BCUT2D eigenvalue weighted by Gasteiger charge is -2.23. The van der Waals surface area contributed by atoms with Crippen molar-refractivity contribution in [2.75, 3.05) is 0 Å². The molecular weight excluding hydrogens is 386 g/mol. The van der Waals surface area contributed by atoms with Crippen molar-refractivity contribution in [3.63, 3.8) is 0 Å². The van der Waals surface area contributed by atoms with Crippen LogP contribution in [0.2, 0.25) is 0 Å². The third kappa shape index (κ3) is 4.83. The fourth-order valence-electron chi connectivity index (χ4n) is 3.70. The molecule has 1 aromatic heterocycles. The van der Waals surface area contributed by atoms with Crippen molar-refractivity contribution in [2.24, 2.45) is 0 Å². The predicted octanol–water partition coefficient (Wildman–Crippen LogP) is 4.19. The topological polar surface area (TPSA) is 94.8 Å². The Bertz CT molecular complexity index is 1030. The molecule has 7 nitrogen and oxygen atoms in total. The fourth-order valence-corrected chi connectivity index (χ4v) is 3.70. The number of hydrogen-bond donors (Lipinski definition) is 1. The molecule has 1 aliphatic rings. The summed E-state index contributed by atoms with van der Waals surface area (Å²) in [6.45, 7) is 8.87. The van der Waals surface area contributed by atoms with E-state index in [9.17, 15) is 14.4 Å². The summed E-state index contributed by atoms with van der Waals surface area (Å²) in [5.74, 6) is -0.243. The molecule has 2 aromatic rings. The molecule has 0 saturated heterocycles. The normalized spacial score (nSPS) is 14.7. The maximum Gasteiger partial charge on any atom is 0.408 e. The zero-order valence-corrected chi connectivity index (χ0v) is 18.2. The van der Waals surface area contributed by atoms with Crippen LogP contribution in [0.5, 0.6) is 5.75 Å². The van der Waals surface area contributed by atoms with Crippen LogP contribution in [0.3, 0.4) is 0 Å². The van der Waals surface area contributed by atoms with E-state index in [1.165, 1.54) is 0 Å².